The van der Waals surface area contributed by atoms with Gasteiger partial charge in [0, 0.05) is 25.6 Å². The second-order valence-electron chi connectivity index (χ2n) is 6.13. The fraction of sp³-hybridized carbons (Fsp3) is 0.368. The molecule has 1 aliphatic heterocycles. The summed E-state index contributed by atoms with van der Waals surface area (Å²) in [5, 5.41) is 2.85. The number of carbonyl (C=O) groups excluding carboxylic acids is 2. The van der Waals surface area contributed by atoms with Crippen LogP contribution in [0.1, 0.15) is 29.0 Å². The lowest BCUT2D eigenvalue weighted by atomic mass is 10.1. The molecule has 1 aromatic carbocycles. The average molecular weight is 342 g/mol. The Morgan fingerprint density at radius 2 is 2.08 bits per heavy atom. The number of nitrogens with zero attached hydrogens (tertiary/aromatic N) is 1. The number of aryl methyl sites for hydroxylation is 1. The Hall–Kier alpha value is -2.76. The Bertz CT molecular complexity index is 726. The van der Waals surface area contributed by atoms with Gasteiger partial charge in [0.2, 0.25) is 5.91 Å². The summed E-state index contributed by atoms with van der Waals surface area (Å²) in [6, 6.07) is 13.2. The van der Waals surface area contributed by atoms with E-state index in [-0.39, 0.29) is 29.6 Å². The van der Waals surface area contributed by atoms with Gasteiger partial charge in [-0.2, -0.15) is 0 Å². The van der Waals surface area contributed by atoms with Crippen LogP contribution in [0.3, 0.4) is 0 Å². The lowest BCUT2D eigenvalue weighted by molar-refractivity contribution is -0.127. The molecular weight excluding hydrogens is 320 g/mol. The molecule has 1 N–H and O–H groups in total. The van der Waals surface area contributed by atoms with Crippen molar-refractivity contribution in [2.45, 2.75) is 25.3 Å². The van der Waals surface area contributed by atoms with Gasteiger partial charge in [-0.05, 0) is 24.5 Å². The number of rotatable bonds is 7. The van der Waals surface area contributed by atoms with E-state index in [1.807, 2.05) is 23.1 Å². The molecule has 1 atom stereocenters. The van der Waals surface area contributed by atoms with Gasteiger partial charge in [-0.25, -0.2) is 0 Å². The fourth-order valence-electron chi connectivity index (χ4n) is 3.01. The van der Waals surface area contributed by atoms with Crippen LogP contribution in [-0.4, -0.2) is 43.0 Å². The summed E-state index contributed by atoms with van der Waals surface area (Å²) >= 11 is 0. The van der Waals surface area contributed by atoms with E-state index in [0.717, 1.165) is 12.8 Å². The molecule has 1 unspecified atom stereocenters. The van der Waals surface area contributed by atoms with Crippen LogP contribution in [-0.2, 0) is 11.2 Å². The van der Waals surface area contributed by atoms with Gasteiger partial charge in [0.15, 0.2) is 5.76 Å². The van der Waals surface area contributed by atoms with Crippen molar-refractivity contribution in [3.05, 3.63) is 53.8 Å². The van der Waals surface area contributed by atoms with Crippen LogP contribution < -0.4 is 10.1 Å². The summed E-state index contributed by atoms with van der Waals surface area (Å²) in [6.45, 7) is 1.24. The van der Waals surface area contributed by atoms with Crippen molar-refractivity contribution in [3.8, 4) is 5.95 Å². The fourth-order valence-corrected chi connectivity index (χ4v) is 3.01. The van der Waals surface area contributed by atoms with Crippen LogP contribution in [0.4, 0.5) is 0 Å². The zero-order valence-corrected chi connectivity index (χ0v) is 14.2. The number of amides is 2. The van der Waals surface area contributed by atoms with Crippen LogP contribution in [0.15, 0.2) is 46.9 Å². The molecule has 1 aliphatic rings. The van der Waals surface area contributed by atoms with Crippen molar-refractivity contribution in [1.82, 2.24) is 10.2 Å². The van der Waals surface area contributed by atoms with Crippen LogP contribution in [0.5, 0.6) is 5.95 Å². The molecule has 2 aromatic rings. The van der Waals surface area contributed by atoms with E-state index in [0.29, 0.717) is 19.5 Å². The quantitative estimate of drug-likeness (QED) is 0.838. The minimum absolute atomic E-state index is 0.0791. The first-order valence-electron chi connectivity index (χ1n) is 8.42. The van der Waals surface area contributed by atoms with Crippen molar-refractivity contribution >= 4 is 11.8 Å². The number of furan rings is 1. The van der Waals surface area contributed by atoms with Gasteiger partial charge >= 0.3 is 0 Å². The highest BCUT2D eigenvalue weighted by atomic mass is 16.6. The third kappa shape index (κ3) is 4.41. The SMILES string of the molecule is COc1ccc(C(=O)NC2CC(=O)N(CCCc3ccccc3)C2)o1. The van der Waals surface area contributed by atoms with Crippen LogP contribution >= 0.6 is 0 Å². The number of carbonyl (C=O) groups is 2. The van der Waals surface area contributed by atoms with E-state index in [9.17, 15) is 9.59 Å². The summed E-state index contributed by atoms with van der Waals surface area (Å²) in [7, 11) is 1.48. The number of methoxy groups -OCH3 is 1. The maximum absolute atomic E-state index is 12.2. The molecule has 3 rings (SSSR count). The maximum Gasteiger partial charge on any atom is 0.287 e. The Kier molecular flexibility index (Phi) is 5.38. The maximum atomic E-state index is 12.2. The standard InChI is InChI=1S/C19H22N2O4/c1-24-18-10-9-16(25-18)19(23)20-15-12-17(22)21(13-15)11-5-8-14-6-3-2-4-7-14/h2-4,6-7,9-10,15H,5,8,11-13H2,1H3,(H,20,23). The van der Waals surface area contributed by atoms with Crippen molar-refractivity contribution in [3.63, 3.8) is 0 Å². The number of nitrogens with one attached hydrogen (secondary N) is 1. The highest BCUT2D eigenvalue weighted by molar-refractivity contribution is 5.92. The predicted molar refractivity (Wildman–Crippen MR) is 92.5 cm³/mol. The van der Waals surface area contributed by atoms with Gasteiger partial charge < -0.3 is 19.4 Å². The Labute approximate surface area is 146 Å². The minimum Gasteiger partial charge on any atom is -0.468 e. The lowest BCUT2D eigenvalue weighted by Gasteiger charge is -2.16. The molecule has 0 bridgehead atoms. The first-order valence-corrected chi connectivity index (χ1v) is 8.42. The molecule has 1 fully saturated rings. The third-order valence-corrected chi connectivity index (χ3v) is 4.29. The van der Waals surface area contributed by atoms with Crippen LogP contribution in [0.25, 0.3) is 0 Å². The molecule has 2 heterocycles. The van der Waals surface area contributed by atoms with Crippen LogP contribution in [0, 0.1) is 0 Å². The first kappa shape index (κ1) is 17.1. The van der Waals surface area contributed by atoms with E-state index in [2.05, 4.69) is 17.4 Å². The van der Waals surface area contributed by atoms with Crippen molar-refractivity contribution in [2.75, 3.05) is 20.2 Å². The highest BCUT2D eigenvalue weighted by Gasteiger charge is 2.30. The topological polar surface area (TPSA) is 71.8 Å². The molecule has 6 nitrogen and oxygen atoms in total. The zero-order chi connectivity index (χ0) is 17.6. The van der Waals surface area contributed by atoms with Gasteiger partial charge in [-0.15, -0.1) is 0 Å². The van der Waals surface area contributed by atoms with E-state index in [1.165, 1.54) is 12.7 Å². The smallest absolute Gasteiger partial charge is 0.287 e. The number of benzene rings is 1. The Morgan fingerprint density at radius 1 is 1.28 bits per heavy atom. The molecule has 6 heteroatoms. The minimum atomic E-state index is -0.327. The normalized spacial score (nSPS) is 16.9. The summed E-state index contributed by atoms with van der Waals surface area (Å²) in [5.74, 6) is 0.227. The monoisotopic (exact) mass is 342 g/mol. The number of likely N-dealkylation sites (tertiary alicyclic amines) is 1. The van der Waals surface area contributed by atoms with Gasteiger partial charge in [-0.1, -0.05) is 30.3 Å². The number of hydrogen-bond acceptors (Lipinski definition) is 4. The second-order valence-corrected chi connectivity index (χ2v) is 6.13. The molecule has 0 spiro atoms. The molecule has 0 radical (unpaired) electrons. The second kappa shape index (κ2) is 7.88. The van der Waals surface area contributed by atoms with Crippen molar-refractivity contribution in [2.24, 2.45) is 0 Å². The van der Waals surface area contributed by atoms with Gasteiger partial charge in [0.1, 0.15) is 0 Å². The Morgan fingerprint density at radius 3 is 2.80 bits per heavy atom. The summed E-state index contributed by atoms with van der Waals surface area (Å²) in [6.07, 6.45) is 2.18. The van der Waals surface area contributed by atoms with Gasteiger partial charge in [0.25, 0.3) is 11.9 Å². The number of hydrogen-bond donors (Lipinski definition) is 1. The van der Waals surface area contributed by atoms with E-state index >= 15 is 0 Å². The molecule has 0 saturated carbocycles. The largest absolute Gasteiger partial charge is 0.468 e. The zero-order valence-electron chi connectivity index (χ0n) is 14.2. The number of ether oxygens (including phenoxy) is 1. The Balaban J connectivity index is 1.46. The summed E-state index contributed by atoms with van der Waals surface area (Å²) in [5.41, 5.74) is 1.27. The van der Waals surface area contributed by atoms with E-state index < -0.39 is 0 Å². The molecule has 2 amide bonds. The molecule has 1 saturated heterocycles. The molecule has 0 aliphatic carbocycles. The highest BCUT2D eigenvalue weighted by Crippen LogP contribution is 2.17. The van der Waals surface area contributed by atoms with E-state index in [4.69, 9.17) is 9.15 Å². The third-order valence-electron chi connectivity index (χ3n) is 4.29. The van der Waals surface area contributed by atoms with Crippen molar-refractivity contribution in [1.29, 1.82) is 0 Å². The molecule has 25 heavy (non-hydrogen) atoms. The van der Waals surface area contributed by atoms with Gasteiger partial charge in [-0.3, -0.25) is 9.59 Å². The lowest BCUT2D eigenvalue weighted by Crippen LogP contribution is -2.37. The summed E-state index contributed by atoms with van der Waals surface area (Å²) in [4.78, 5) is 26.1. The van der Waals surface area contributed by atoms with Crippen LogP contribution in [0.2, 0.25) is 0 Å². The molecule has 132 valence electrons. The molecule has 1 aromatic heterocycles. The summed E-state index contributed by atoms with van der Waals surface area (Å²) < 4.78 is 10.2. The predicted octanol–water partition coefficient (Wildman–Crippen LogP) is 2.25. The average Bonchev–Trinajstić information content (AvgIpc) is 3.23. The van der Waals surface area contributed by atoms with Gasteiger partial charge in [0.05, 0.1) is 13.2 Å². The van der Waals surface area contributed by atoms with E-state index in [1.54, 1.807) is 12.1 Å². The molecular formula is C19H22N2O4. The van der Waals surface area contributed by atoms with Crippen molar-refractivity contribution < 1.29 is 18.7 Å². The first-order chi connectivity index (χ1) is 12.2.